The minimum absolute atomic E-state index is 0.466. The molecule has 0 aliphatic heterocycles. The summed E-state index contributed by atoms with van der Waals surface area (Å²) in [5, 5.41) is 3.59. The number of nitrogens with one attached hydrogen (secondary N) is 1. The van der Waals surface area contributed by atoms with Gasteiger partial charge in [0.1, 0.15) is 0 Å². The van der Waals surface area contributed by atoms with Gasteiger partial charge in [0.15, 0.2) is 0 Å². The third-order valence-corrected chi connectivity index (χ3v) is 4.58. The van der Waals surface area contributed by atoms with E-state index in [9.17, 15) is 0 Å². The predicted molar refractivity (Wildman–Crippen MR) is 103 cm³/mol. The highest BCUT2D eigenvalue weighted by atomic mass is 14.9. The highest BCUT2D eigenvalue weighted by Crippen LogP contribution is 2.20. The van der Waals surface area contributed by atoms with Crippen LogP contribution in [0.5, 0.6) is 0 Å². The molecule has 0 aromatic heterocycles. The summed E-state index contributed by atoms with van der Waals surface area (Å²) in [6.07, 6.45) is 15.2. The molecule has 1 unspecified atom stereocenters. The molecule has 2 heteroatoms. The van der Waals surface area contributed by atoms with E-state index in [0.29, 0.717) is 12.6 Å². The Morgan fingerprint density at radius 3 is 1.96 bits per heavy atom. The van der Waals surface area contributed by atoms with Crippen LogP contribution >= 0.6 is 0 Å². The van der Waals surface area contributed by atoms with Gasteiger partial charge in [-0.15, -0.1) is 0 Å². The zero-order chi connectivity index (χ0) is 16.6. The first-order valence-corrected chi connectivity index (χ1v) is 9.87. The van der Waals surface area contributed by atoms with Gasteiger partial charge in [-0.3, -0.25) is 0 Å². The number of hydrogen-bond donors (Lipinski definition) is 2. The number of nitrogens with two attached hydrogens (primary N) is 1. The molecule has 0 fully saturated rings. The maximum Gasteiger partial charge on any atom is 0.0320 e. The van der Waals surface area contributed by atoms with Crippen LogP contribution in [-0.2, 0) is 0 Å². The zero-order valence-electron chi connectivity index (χ0n) is 15.2. The van der Waals surface area contributed by atoms with E-state index in [1.807, 2.05) is 0 Å². The maximum absolute atomic E-state index is 5.65. The Morgan fingerprint density at radius 1 is 0.826 bits per heavy atom. The van der Waals surface area contributed by atoms with Gasteiger partial charge in [-0.25, -0.2) is 0 Å². The van der Waals surface area contributed by atoms with E-state index in [0.717, 1.165) is 6.54 Å². The molecule has 3 N–H and O–H groups in total. The molecule has 0 saturated carbocycles. The Kier molecular flexibility index (Phi) is 12.9. The molecule has 0 spiro atoms. The third-order valence-electron chi connectivity index (χ3n) is 4.58. The first-order chi connectivity index (χ1) is 11.4. The normalized spacial score (nSPS) is 12.4. The molecular weight excluding hydrogens is 280 g/mol. The van der Waals surface area contributed by atoms with Crippen LogP contribution in [0, 0.1) is 0 Å². The summed E-state index contributed by atoms with van der Waals surface area (Å²) in [5.41, 5.74) is 7.05. The van der Waals surface area contributed by atoms with Crippen molar-refractivity contribution in [3.63, 3.8) is 0 Å². The monoisotopic (exact) mass is 318 g/mol. The fourth-order valence-electron chi connectivity index (χ4n) is 3.17. The largest absolute Gasteiger partial charge is 0.329 e. The second-order valence-corrected chi connectivity index (χ2v) is 6.68. The lowest BCUT2D eigenvalue weighted by molar-refractivity contribution is 0.469. The topological polar surface area (TPSA) is 38.0 Å². The minimum atomic E-state index is 0.466. The van der Waals surface area contributed by atoms with E-state index in [2.05, 4.69) is 42.6 Å². The van der Waals surface area contributed by atoms with Crippen LogP contribution in [0.2, 0.25) is 0 Å². The van der Waals surface area contributed by atoms with Crippen LogP contribution in [0.3, 0.4) is 0 Å². The molecule has 0 aliphatic carbocycles. The molecule has 1 aromatic rings. The van der Waals surface area contributed by atoms with Gasteiger partial charge in [0.2, 0.25) is 0 Å². The van der Waals surface area contributed by atoms with E-state index in [1.165, 1.54) is 76.2 Å². The maximum atomic E-state index is 5.65. The van der Waals surface area contributed by atoms with Gasteiger partial charge < -0.3 is 11.1 Å². The van der Waals surface area contributed by atoms with Gasteiger partial charge in [-0.05, 0) is 12.0 Å². The van der Waals surface area contributed by atoms with E-state index >= 15 is 0 Å². The summed E-state index contributed by atoms with van der Waals surface area (Å²) in [4.78, 5) is 0. The first-order valence-electron chi connectivity index (χ1n) is 9.87. The van der Waals surface area contributed by atoms with E-state index < -0.39 is 0 Å². The van der Waals surface area contributed by atoms with Crippen LogP contribution < -0.4 is 11.1 Å². The number of hydrogen-bond acceptors (Lipinski definition) is 2. The van der Waals surface area contributed by atoms with Gasteiger partial charge in [0.25, 0.3) is 0 Å². The standard InChI is InChI=1S/C21H38N2/c1-2-3-4-5-6-7-8-9-10-14-17-21(23-19-18-22)20-15-12-11-13-16-20/h11-13,15-16,21,23H,2-10,14,17-19,22H2,1H3. The summed E-state index contributed by atoms with van der Waals surface area (Å²) < 4.78 is 0. The number of benzene rings is 1. The van der Waals surface area contributed by atoms with Gasteiger partial charge in [0, 0.05) is 19.1 Å². The summed E-state index contributed by atoms with van der Waals surface area (Å²) in [5.74, 6) is 0. The molecule has 1 aromatic carbocycles. The Balaban J connectivity index is 2.09. The molecule has 0 aliphatic rings. The summed E-state index contributed by atoms with van der Waals surface area (Å²) in [6, 6.07) is 11.3. The lowest BCUT2D eigenvalue weighted by atomic mass is 9.99. The summed E-state index contributed by atoms with van der Waals surface area (Å²) in [6.45, 7) is 3.89. The lowest BCUT2D eigenvalue weighted by Gasteiger charge is -2.19. The van der Waals surface area contributed by atoms with E-state index in [1.54, 1.807) is 0 Å². The molecule has 132 valence electrons. The molecule has 0 bridgehead atoms. The molecule has 0 amide bonds. The van der Waals surface area contributed by atoms with Crippen molar-refractivity contribution in [1.82, 2.24) is 5.32 Å². The summed E-state index contributed by atoms with van der Waals surface area (Å²) in [7, 11) is 0. The molecular formula is C21H38N2. The van der Waals surface area contributed by atoms with Gasteiger partial charge in [-0.2, -0.15) is 0 Å². The zero-order valence-corrected chi connectivity index (χ0v) is 15.2. The summed E-state index contributed by atoms with van der Waals surface area (Å²) >= 11 is 0. The van der Waals surface area contributed by atoms with Gasteiger partial charge in [-0.1, -0.05) is 101 Å². The minimum Gasteiger partial charge on any atom is -0.329 e. The van der Waals surface area contributed by atoms with Crippen LogP contribution in [-0.4, -0.2) is 13.1 Å². The van der Waals surface area contributed by atoms with Gasteiger partial charge in [0.05, 0.1) is 0 Å². The van der Waals surface area contributed by atoms with Crippen molar-refractivity contribution < 1.29 is 0 Å². The van der Waals surface area contributed by atoms with Crippen molar-refractivity contribution in [1.29, 1.82) is 0 Å². The number of unbranched alkanes of at least 4 members (excludes halogenated alkanes) is 9. The van der Waals surface area contributed by atoms with Crippen molar-refractivity contribution >= 4 is 0 Å². The molecule has 0 saturated heterocycles. The highest BCUT2D eigenvalue weighted by Gasteiger charge is 2.09. The van der Waals surface area contributed by atoms with Crippen molar-refractivity contribution in [3.05, 3.63) is 35.9 Å². The second-order valence-electron chi connectivity index (χ2n) is 6.68. The van der Waals surface area contributed by atoms with E-state index in [-0.39, 0.29) is 0 Å². The quantitative estimate of drug-likeness (QED) is 0.414. The average Bonchev–Trinajstić information content (AvgIpc) is 2.60. The van der Waals surface area contributed by atoms with Crippen molar-refractivity contribution in [3.8, 4) is 0 Å². The molecule has 0 radical (unpaired) electrons. The molecule has 2 nitrogen and oxygen atoms in total. The predicted octanol–water partition coefficient (Wildman–Crippen LogP) is 5.59. The molecule has 1 rings (SSSR count). The third kappa shape index (κ3) is 10.5. The van der Waals surface area contributed by atoms with Crippen molar-refractivity contribution in [2.75, 3.05) is 13.1 Å². The van der Waals surface area contributed by atoms with Crippen LogP contribution in [0.25, 0.3) is 0 Å². The number of rotatable bonds is 15. The fraction of sp³-hybridized carbons (Fsp3) is 0.714. The Bertz CT molecular complexity index is 350. The van der Waals surface area contributed by atoms with Crippen molar-refractivity contribution in [2.24, 2.45) is 5.73 Å². The van der Waals surface area contributed by atoms with Crippen LogP contribution in [0.4, 0.5) is 0 Å². The first kappa shape index (κ1) is 20.2. The SMILES string of the molecule is CCCCCCCCCCCCC(NCCN)c1ccccc1. The average molecular weight is 319 g/mol. The highest BCUT2D eigenvalue weighted by molar-refractivity contribution is 5.18. The Hall–Kier alpha value is -0.860. The smallest absolute Gasteiger partial charge is 0.0320 e. The van der Waals surface area contributed by atoms with Crippen molar-refractivity contribution in [2.45, 2.75) is 83.6 Å². The fourth-order valence-corrected chi connectivity index (χ4v) is 3.17. The molecule has 1 atom stereocenters. The lowest BCUT2D eigenvalue weighted by Crippen LogP contribution is -2.27. The van der Waals surface area contributed by atoms with Gasteiger partial charge >= 0.3 is 0 Å². The van der Waals surface area contributed by atoms with Crippen LogP contribution in [0.15, 0.2) is 30.3 Å². The van der Waals surface area contributed by atoms with E-state index in [4.69, 9.17) is 5.73 Å². The van der Waals surface area contributed by atoms with Crippen LogP contribution in [0.1, 0.15) is 89.2 Å². The molecule has 23 heavy (non-hydrogen) atoms. The Morgan fingerprint density at radius 2 is 1.39 bits per heavy atom. The Labute approximate surface area is 144 Å². The molecule has 0 heterocycles. The second kappa shape index (κ2) is 14.7.